The van der Waals surface area contributed by atoms with E-state index >= 15 is 0 Å². The van der Waals surface area contributed by atoms with Gasteiger partial charge in [-0.3, -0.25) is 18.9 Å². The molecule has 1 unspecified atom stereocenters. The van der Waals surface area contributed by atoms with E-state index in [-0.39, 0.29) is 75.2 Å². The predicted molar refractivity (Wildman–Crippen MR) is 175 cm³/mol. The van der Waals surface area contributed by atoms with Gasteiger partial charge in [0.2, 0.25) is 5.78 Å². The van der Waals surface area contributed by atoms with Gasteiger partial charge in [-0.25, -0.2) is 9.31 Å². The summed E-state index contributed by atoms with van der Waals surface area (Å²) in [6, 6.07) is 15.8. The molecule has 46 heavy (non-hydrogen) atoms. The van der Waals surface area contributed by atoms with Crippen LogP contribution in [0.5, 0.6) is 0 Å². The standard InChI is InChI=1S/C34H38N6O5.K.H/c1-2-5-29-28(18-21-8-10-22(11-9-21)26-6-3-4-7-27(26)31-37-34(43)45-38-31)32(42)39(33-35-20-36-40(29)33)24-14-16-25(17-15-24)44-19-30(41)23-12-13-23;;/h3-4,6-11,20,23-25,30,41H,2,5,12-19H2,1H3,(H,37,38,43);;/t24-,25-,30?;;. The van der Waals surface area contributed by atoms with Crippen LogP contribution in [0, 0.1) is 5.92 Å². The van der Waals surface area contributed by atoms with Gasteiger partial charge in [-0.2, -0.15) is 10.1 Å². The van der Waals surface area contributed by atoms with E-state index in [9.17, 15) is 14.7 Å². The molecule has 2 fully saturated rings. The molecule has 2 aromatic carbocycles. The molecule has 0 spiro atoms. The first-order valence-electron chi connectivity index (χ1n) is 16.0. The summed E-state index contributed by atoms with van der Waals surface area (Å²) in [7, 11) is 0. The Hall–Kier alpha value is -2.71. The summed E-state index contributed by atoms with van der Waals surface area (Å²) in [6.07, 6.45) is 8.83. The number of nitrogens with one attached hydrogen (secondary N) is 1. The molecule has 2 aliphatic rings. The van der Waals surface area contributed by atoms with Gasteiger partial charge in [0.15, 0.2) is 5.82 Å². The number of H-pyrrole nitrogens is 1. The molecule has 7 rings (SSSR count). The Labute approximate surface area is 308 Å². The van der Waals surface area contributed by atoms with E-state index < -0.39 is 5.76 Å². The second-order valence-corrected chi connectivity index (χ2v) is 12.4. The van der Waals surface area contributed by atoms with Crippen LogP contribution in [0.2, 0.25) is 0 Å². The summed E-state index contributed by atoms with van der Waals surface area (Å²) in [5.74, 6) is 0.776. The molecule has 236 valence electrons. The summed E-state index contributed by atoms with van der Waals surface area (Å²) in [5.41, 5.74) is 5.29. The van der Waals surface area contributed by atoms with Crippen LogP contribution in [-0.4, -0.2) is 105 Å². The summed E-state index contributed by atoms with van der Waals surface area (Å²) in [6.45, 7) is 2.50. The molecule has 0 bridgehead atoms. The second-order valence-electron chi connectivity index (χ2n) is 12.4. The Bertz CT molecular complexity index is 1900. The van der Waals surface area contributed by atoms with Crippen LogP contribution in [0.3, 0.4) is 0 Å². The number of aliphatic hydroxyl groups excluding tert-OH is 1. The number of aromatic nitrogens is 6. The fourth-order valence-electron chi connectivity index (χ4n) is 6.69. The van der Waals surface area contributed by atoms with Gasteiger partial charge in [-0.05, 0) is 67.6 Å². The minimum absolute atomic E-state index is 0. The minimum atomic E-state index is -0.599. The summed E-state index contributed by atoms with van der Waals surface area (Å²) in [5, 5.41) is 18.7. The number of benzene rings is 2. The number of nitrogens with zero attached hydrogens (tertiary/aromatic N) is 5. The Balaban J connectivity index is 0.00000372. The number of rotatable bonds is 11. The van der Waals surface area contributed by atoms with Gasteiger partial charge >= 0.3 is 57.1 Å². The van der Waals surface area contributed by atoms with Gasteiger partial charge in [0.05, 0.1) is 24.5 Å². The van der Waals surface area contributed by atoms with Crippen molar-refractivity contribution in [2.75, 3.05) is 6.61 Å². The normalized spacial score (nSPS) is 18.8. The molecule has 0 aliphatic heterocycles. The van der Waals surface area contributed by atoms with Gasteiger partial charge in [0.1, 0.15) is 6.33 Å². The Morgan fingerprint density at radius 3 is 2.43 bits per heavy atom. The van der Waals surface area contributed by atoms with Crippen molar-refractivity contribution >= 4 is 57.2 Å². The van der Waals surface area contributed by atoms with Gasteiger partial charge in [-0.1, -0.05) is 67.0 Å². The SMILES string of the molecule is CCCc1c(Cc2ccc(-c3ccccc3-c3noc(=O)[nH]3)cc2)c(=O)n([C@H]2CC[C@H](OCC(O)C3CC3)CC2)c2ncnn12.[KH]. The molecule has 2 saturated carbocycles. The third kappa shape index (κ3) is 6.94. The van der Waals surface area contributed by atoms with E-state index in [1.807, 2.05) is 57.6 Å². The molecule has 12 heteroatoms. The fraction of sp³-hybridized carbons (Fsp3) is 0.441. The Kier molecular flexibility index (Phi) is 10.5. The molecular formula is C34H39KN6O5. The van der Waals surface area contributed by atoms with Crippen LogP contribution in [-0.2, 0) is 17.6 Å². The second kappa shape index (κ2) is 14.6. The summed E-state index contributed by atoms with van der Waals surface area (Å²) >= 11 is 0. The van der Waals surface area contributed by atoms with Crippen LogP contribution in [0.15, 0.2) is 69.0 Å². The van der Waals surface area contributed by atoms with Crippen molar-refractivity contribution in [1.82, 2.24) is 29.3 Å². The van der Waals surface area contributed by atoms with Crippen LogP contribution in [0.1, 0.15) is 74.7 Å². The van der Waals surface area contributed by atoms with Crippen LogP contribution < -0.4 is 11.3 Å². The first-order valence-corrected chi connectivity index (χ1v) is 16.0. The topological polar surface area (TPSA) is 141 Å². The summed E-state index contributed by atoms with van der Waals surface area (Å²) < 4.78 is 14.5. The molecule has 2 N–H and O–H groups in total. The molecule has 2 aliphatic carbocycles. The molecule has 5 aromatic rings. The third-order valence-corrected chi connectivity index (χ3v) is 9.26. The molecule has 3 aromatic heterocycles. The first-order chi connectivity index (χ1) is 22.0. The van der Waals surface area contributed by atoms with Crippen LogP contribution in [0.4, 0.5) is 0 Å². The quantitative estimate of drug-likeness (QED) is 0.204. The first kappa shape index (κ1) is 33.2. The van der Waals surface area contributed by atoms with E-state index in [4.69, 9.17) is 9.26 Å². The van der Waals surface area contributed by atoms with E-state index in [0.29, 0.717) is 30.5 Å². The van der Waals surface area contributed by atoms with Crippen LogP contribution in [0.25, 0.3) is 28.3 Å². The van der Waals surface area contributed by atoms with Gasteiger partial charge in [0.25, 0.3) is 5.56 Å². The number of aryl methyl sites for hydroxylation is 1. The number of hydrogen-bond acceptors (Lipinski definition) is 8. The molecule has 0 radical (unpaired) electrons. The van der Waals surface area contributed by atoms with Gasteiger partial charge in [0, 0.05) is 23.6 Å². The van der Waals surface area contributed by atoms with Crippen molar-refractivity contribution in [3.8, 4) is 22.5 Å². The summed E-state index contributed by atoms with van der Waals surface area (Å²) in [4.78, 5) is 33.1. The average Bonchev–Trinajstić information content (AvgIpc) is 3.66. The molecule has 0 amide bonds. The molecule has 1 atom stereocenters. The number of ether oxygens (including phenoxy) is 1. The monoisotopic (exact) mass is 650 g/mol. The molecular weight excluding hydrogens is 612 g/mol. The number of hydrogen-bond donors (Lipinski definition) is 2. The van der Waals surface area contributed by atoms with E-state index in [1.165, 1.54) is 6.33 Å². The zero-order valence-corrected chi connectivity index (χ0v) is 25.4. The van der Waals surface area contributed by atoms with Crippen molar-refractivity contribution in [2.24, 2.45) is 5.92 Å². The molecule has 3 heterocycles. The maximum absolute atomic E-state index is 14.3. The van der Waals surface area contributed by atoms with Gasteiger partial charge < -0.3 is 9.84 Å². The average molecular weight is 651 g/mol. The van der Waals surface area contributed by atoms with E-state index in [2.05, 4.69) is 27.1 Å². The number of aliphatic hydroxyl groups is 1. The van der Waals surface area contributed by atoms with Crippen molar-refractivity contribution in [2.45, 2.75) is 83.0 Å². The van der Waals surface area contributed by atoms with E-state index in [0.717, 1.165) is 84.9 Å². The molecule has 11 nitrogen and oxygen atoms in total. The van der Waals surface area contributed by atoms with Crippen molar-refractivity contribution in [3.05, 3.63) is 92.6 Å². The maximum atomic E-state index is 14.3. The van der Waals surface area contributed by atoms with Gasteiger partial charge in [-0.15, -0.1) is 0 Å². The Morgan fingerprint density at radius 1 is 1.02 bits per heavy atom. The van der Waals surface area contributed by atoms with Crippen LogP contribution >= 0.6 is 0 Å². The molecule has 0 saturated heterocycles. The third-order valence-electron chi connectivity index (χ3n) is 9.26. The zero-order chi connectivity index (χ0) is 30.9. The van der Waals surface area contributed by atoms with E-state index in [1.54, 1.807) is 0 Å². The zero-order valence-electron chi connectivity index (χ0n) is 25.4. The van der Waals surface area contributed by atoms with Crippen molar-refractivity contribution in [3.63, 3.8) is 0 Å². The predicted octanol–water partition coefficient (Wildman–Crippen LogP) is 4.07. The Morgan fingerprint density at radius 2 is 1.76 bits per heavy atom. The number of fused-ring (bicyclic) bond motifs is 1. The number of aromatic amines is 1. The fourth-order valence-corrected chi connectivity index (χ4v) is 6.69. The van der Waals surface area contributed by atoms with Crippen molar-refractivity contribution in [1.29, 1.82) is 0 Å². The van der Waals surface area contributed by atoms with Crippen molar-refractivity contribution < 1.29 is 14.4 Å².